The predicted molar refractivity (Wildman–Crippen MR) is 93.2 cm³/mol. The molecule has 0 unspecified atom stereocenters. The second-order valence-electron chi connectivity index (χ2n) is 6.65. The molecule has 1 fully saturated rings. The molecule has 10 heteroatoms. The second kappa shape index (κ2) is 7.44. The second-order valence-corrected chi connectivity index (χ2v) is 9.04. The van der Waals surface area contributed by atoms with E-state index in [4.69, 9.17) is 16.3 Å². The van der Waals surface area contributed by atoms with Crippen LogP contribution in [0.3, 0.4) is 0 Å². The Balaban J connectivity index is 1.91. The van der Waals surface area contributed by atoms with Gasteiger partial charge < -0.3 is 9.72 Å². The number of halogens is 4. The van der Waals surface area contributed by atoms with E-state index in [0.29, 0.717) is 5.56 Å². The quantitative estimate of drug-likeness (QED) is 0.780. The van der Waals surface area contributed by atoms with E-state index < -0.39 is 33.8 Å². The Bertz CT molecular complexity index is 923. The Morgan fingerprint density at radius 3 is 2.56 bits per heavy atom. The lowest BCUT2D eigenvalue weighted by Gasteiger charge is -2.31. The van der Waals surface area contributed by atoms with Crippen molar-refractivity contribution in [3.63, 3.8) is 0 Å². The molecule has 0 aliphatic heterocycles. The molecule has 1 saturated carbocycles. The van der Waals surface area contributed by atoms with Crippen molar-refractivity contribution >= 4 is 21.4 Å². The largest absolute Gasteiger partial charge is 0.362 e. The highest BCUT2D eigenvalue weighted by Crippen LogP contribution is 2.37. The van der Waals surface area contributed by atoms with E-state index >= 15 is 0 Å². The first-order valence-corrected chi connectivity index (χ1v) is 10.6. The number of aromatic nitrogens is 2. The summed E-state index contributed by atoms with van der Waals surface area (Å²) in [5.74, 6) is -3.15. The molecular weight excluding hydrogens is 405 g/mol. The average molecular weight is 423 g/mol. The zero-order chi connectivity index (χ0) is 19.8. The predicted octanol–water partition coefficient (Wildman–Crippen LogP) is 4.29. The first-order chi connectivity index (χ1) is 12.5. The summed E-state index contributed by atoms with van der Waals surface area (Å²) in [5, 5.41) is -0.236. The molecule has 0 radical (unpaired) electrons. The minimum atomic E-state index is -3.52. The summed E-state index contributed by atoms with van der Waals surface area (Å²) in [6.45, 7) is 0. The molecule has 0 saturated heterocycles. The van der Waals surface area contributed by atoms with Crippen LogP contribution >= 0.6 is 11.6 Å². The van der Waals surface area contributed by atoms with Gasteiger partial charge in [-0.2, -0.15) is 0 Å². The number of rotatable bonds is 5. The van der Waals surface area contributed by atoms with E-state index in [-0.39, 0.29) is 41.6 Å². The standard InChI is InChI=1S/C17H18ClF3N2O3S/c1-27(24,25)14-9-22-16(23-14)15(10-2-3-13(19)12(18)8-10)26-11-4-6-17(20,21)7-5-11/h2-3,8-9,11,15H,4-7H2,1H3,(H,22,23)/t15-/m0/s1. The monoisotopic (exact) mass is 422 g/mol. The minimum absolute atomic E-state index is 0.102. The Morgan fingerprint density at radius 1 is 1.33 bits per heavy atom. The topological polar surface area (TPSA) is 72.1 Å². The summed E-state index contributed by atoms with van der Waals surface area (Å²) in [6.07, 6.45) is 0.540. The molecule has 1 aliphatic rings. The maximum atomic E-state index is 13.5. The number of hydrogen-bond acceptors (Lipinski definition) is 4. The van der Waals surface area contributed by atoms with Gasteiger partial charge in [-0.15, -0.1) is 0 Å². The molecular formula is C17H18ClF3N2O3S. The van der Waals surface area contributed by atoms with E-state index in [9.17, 15) is 21.6 Å². The SMILES string of the molecule is CS(=O)(=O)c1cnc([C@@H](OC2CCC(F)(F)CC2)c2ccc(F)c(Cl)c2)[nH]1. The molecule has 0 spiro atoms. The third-order valence-electron chi connectivity index (χ3n) is 4.46. The van der Waals surface area contributed by atoms with Gasteiger partial charge in [0.2, 0.25) is 5.92 Å². The first kappa shape index (κ1) is 20.2. The third kappa shape index (κ3) is 4.83. The summed E-state index contributed by atoms with van der Waals surface area (Å²) < 4.78 is 69.7. The van der Waals surface area contributed by atoms with Crippen LogP contribution in [0.25, 0.3) is 0 Å². The van der Waals surface area contributed by atoms with Gasteiger partial charge in [0, 0.05) is 19.1 Å². The van der Waals surface area contributed by atoms with Crippen LogP contribution < -0.4 is 0 Å². The number of aromatic amines is 1. The van der Waals surface area contributed by atoms with Crippen LogP contribution in [0.1, 0.15) is 43.2 Å². The molecule has 0 bridgehead atoms. The highest BCUT2D eigenvalue weighted by Gasteiger charge is 2.37. The summed E-state index contributed by atoms with van der Waals surface area (Å²) >= 11 is 5.85. The van der Waals surface area contributed by atoms with Gasteiger partial charge in [-0.3, -0.25) is 0 Å². The van der Waals surface area contributed by atoms with Gasteiger partial charge in [0.1, 0.15) is 17.7 Å². The van der Waals surface area contributed by atoms with E-state index in [0.717, 1.165) is 18.5 Å². The molecule has 27 heavy (non-hydrogen) atoms. The van der Waals surface area contributed by atoms with Crippen LogP contribution in [0.5, 0.6) is 0 Å². The van der Waals surface area contributed by atoms with Gasteiger partial charge in [-0.05, 0) is 30.5 Å². The Labute approximate surface area is 159 Å². The van der Waals surface area contributed by atoms with Crippen LogP contribution in [0.4, 0.5) is 13.2 Å². The molecule has 2 aromatic rings. The maximum Gasteiger partial charge on any atom is 0.248 e. The number of nitrogens with one attached hydrogen (secondary N) is 1. The summed E-state index contributed by atoms with van der Waals surface area (Å²) in [5.41, 5.74) is 0.438. The van der Waals surface area contributed by atoms with Crippen LogP contribution in [0.15, 0.2) is 29.4 Å². The zero-order valence-corrected chi connectivity index (χ0v) is 16.0. The molecule has 1 aromatic heterocycles. The van der Waals surface area contributed by atoms with Gasteiger partial charge >= 0.3 is 0 Å². The lowest BCUT2D eigenvalue weighted by Crippen LogP contribution is -2.30. The van der Waals surface area contributed by atoms with Gasteiger partial charge in [0.15, 0.2) is 14.9 Å². The molecule has 1 atom stereocenters. The summed E-state index contributed by atoms with van der Waals surface area (Å²) in [6, 6.07) is 3.94. The number of ether oxygens (including phenoxy) is 1. The van der Waals surface area contributed by atoms with E-state index in [1.807, 2.05) is 0 Å². The fourth-order valence-electron chi connectivity index (χ4n) is 2.96. The molecule has 0 amide bonds. The van der Waals surface area contributed by atoms with Crippen molar-refractivity contribution in [2.75, 3.05) is 6.26 Å². The van der Waals surface area contributed by atoms with E-state index in [2.05, 4.69) is 9.97 Å². The van der Waals surface area contributed by atoms with Crippen LogP contribution in [-0.4, -0.2) is 36.7 Å². The number of sulfone groups is 1. The van der Waals surface area contributed by atoms with Crippen LogP contribution in [0, 0.1) is 5.82 Å². The summed E-state index contributed by atoms with van der Waals surface area (Å²) in [7, 11) is -3.52. The molecule has 1 aromatic carbocycles. The van der Waals surface area contributed by atoms with Gasteiger partial charge in [0.05, 0.1) is 17.3 Å². The van der Waals surface area contributed by atoms with Crippen molar-refractivity contribution in [1.82, 2.24) is 9.97 Å². The molecule has 1 heterocycles. The molecule has 1 aliphatic carbocycles. The van der Waals surface area contributed by atoms with E-state index in [1.54, 1.807) is 0 Å². The maximum absolute atomic E-state index is 13.5. The molecule has 1 N–H and O–H groups in total. The van der Waals surface area contributed by atoms with Crippen molar-refractivity contribution in [2.45, 2.75) is 48.8 Å². The minimum Gasteiger partial charge on any atom is -0.362 e. The molecule has 3 rings (SSSR count). The average Bonchev–Trinajstić information content (AvgIpc) is 3.07. The van der Waals surface area contributed by atoms with Crippen molar-refractivity contribution in [3.05, 3.63) is 46.6 Å². The Kier molecular flexibility index (Phi) is 5.56. The Morgan fingerprint density at radius 2 is 2.00 bits per heavy atom. The van der Waals surface area contributed by atoms with Crippen LogP contribution in [-0.2, 0) is 14.6 Å². The van der Waals surface area contributed by atoms with Crippen LogP contribution in [0.2, 0.25) is 5.02 Å². The number of H-pyrrole nitrogens is 1. The van der Waals surface area contributed by atoms with E-state index in [1.165, 1.54) is 12.1 Å². The zero-order valence-electron chi connectivity index (χ0n) is 14.4. The number of imidazole rings is 1. The van der Waals surface area contributed by atoms with Crippen molar-refractivity contribution in [2.24, 2.45) is 0 Å². The molecule has 148 valence electrons. The van der Waals surface area contributed by atoms with Crippen molar-refractivity contribution in [3.8, 4) is 0 Å². The third-order valence-corrected chi connectivity index (χ3v) is 5.76. The first-order valence-electron chi connectivity index (χ1n) is 8.28. The highest BCUT2D eigenvalue weighted by atomic mass is 35.5. The van der Waals surface area contributed by atoms with Crippen molar-refractivity contribution < 1.29 is 26.3 Å². The number of hydrogen-bond donors (Lipinski definition) is 1. The van der Waals surface area contributed by atoms with Gasteiger partial charge in [0.25, 0.3) is 0 Å². The number of alkyl halides is 2. The number of benzene rings is 1. The smallest absolute Gasteiger partial charge is 0.248 e. The molecule has 5 nitrogen and oxygen atoms in total. The fraction of sp³-hybridized carbons (Fsp3) is 0.471. The fourth-order valence-corrected chi connectivity index (χ4v) is 3.68. The highest BCUT2D eigenvalue weighted by molar-refractivity contribution is 7.90. The van der Waals surface area contributed by atoms with Gasteiger partial charge in [-0.25, -0.2) is 26.6 Å². The summed E-state index contributed by atoms with van der Waals surface area (Å²) in [4.78, 5) is 6.74. The Hall–Kier alpha value is -1.58. The van der Waals surface area contributed by atoms with Gasteiger partial charge in [-0.1, -0.05) is 17.7 Å². The lowest BCUT2D eigenvalue weighted by molar-refractivity contribution is -0.0938. The lowest BCUT2D eigenvalue weighted by atomic mass is 9.94. The van der Waals surface area contributed by atoms with Crippen molar-refractivity contribution in [1.29, 1.82) is 0 Å². The normalized spacial score (nSPS) is 19.1. The number of nitrogens with zero attached hydrogens (tertiary/aromatic N) is 1.